The van der Waals surface area contributed by atoms with Crippen LogP contribution in [0.3, 0.4) is 0 Å². The maximum absolute atomic E-state index is 11.9. The fourth-order valence-electron chi connectivity index (χ4n) is 2.62. The Labute approximate surface area is 154 Å². The summed E-state index contributed by atoms with van der Waals surface area (Å²) in [4.78, 5) is 54.9. The lowest BCUT2D eigenvalue weighted by atomic mass is 9.96. The third kappa shape index (κ3) is 9.85. The van der Waals surface area contributed by atoms with Crippen LogP contribution in [0.5, 0.6) is 0 Å². The largest absolute Gasteiger partial charge is 0.425 e. The molecule has 1 unspecified atom stereocenters. The van der Waals surface area contributed by atoms with Gasteiger partial charge in [-0.05, 0) is 37.7 Å². The van der Waals surface area contributed by atoms with Gasteiger partial charge in [-0.2, -0.15) is 0 Å². The molecule has 1 amide bonds. The minimum atomic E-state index is -3.45. The zero-order valence-electron chi connectivity index (χ0n) is 15.4. The second-order valence-electron chi connectivity index (χ2n) is 6.40. The van der Waals surface area contributed by atoms with Crippen LogP contribution in [0.2, 0.25) is 0 Å². The molecule has 1 atom stereocenters. The standard InChI is InChI=1S/C17H28NO7P/c1-3-7-16(20)24-13(2)25-17(21)18-10-15(19)12-26(22,23)11-14-8-5-4-6-9-14/h11,13,22-23H,3-10,12H2,1-2H3/p+1. The van der Waals surface area contributed by atoms with Crippen LogP contribution in [0.4, 0.5) is 4.79 Å². The molecule has 0 saturated heterocycles. The molecule has 1 aliphatic rings. The van der Waals surface area contributed by atoms with Crippen LogP contribution in [0.25, 0.3) is 0 Å². The fraction of sp³-hybridized carbons (Fsp3) is 0.706. The second-order valence-corrected chi connectivity index (χ2v) is 8.54. The maximum atomic E-state index is 11.9. The van der Waals surface area contributed by atoms with Gasteiger partial charge in [0.05, 0.1) is 6.54 Å². The van der Waals surface area contributed by atoms with E-state index in [2.05, 4.69) is 5.32 Å². The van der Waals surface area contributed by atoms with Crippen molar-refractivity contribution in [1.29, 1.82) is 0 Å². The van der Waals surface area contributed by atoms with Crippen molar-refractivity contribution in [3.63, 3.8) is 0 Å². The van der Waals surface area contributed by atoms with Gasteiger partial charge in [-0.25, -0.2) is 14.6 Å². The number of allylic oxidation sites excluding steroid dienone is 1. The van der Waals surface area contributed by atoms with Crippen LogP contribution in [-0.4, -0.2) is 46.6 Å². The van der Waals surface area contributed by atoms with E-state index in [-0.39, 0.29) is 13.0 Å². The molecule has 0 bridgehead atoms. The number of ether oxygens (including phenoxy) is 2. The smallest absolute Gasteiger partial charge is 0.410 e. The molecular weight excluding hydrogens is 361 g/mol. The highest BCUT2D eigenvalue weighted by Gasteiger charge is 2.35. The van der Waals surface area contributed by atoms with E-state index in [0.29, 0.717) is 6.42 Å². The van der Waals surface area contributed by atoms with Gasteiger partial charge < -0.3 is 14.8 Å². The van der Waals surface area contributed by atoms with Crippen molar-refractivity contribution in [2.75, 3.05) is 12.7 Å². The minimum Gasteiger partial charge on any atom is -0.425 e. The van der Waals surface area contributed by atoms with Crippen molar-refractivity contribution in [1.82, 2.24) is 5.32 Å². The Morgan fingerprint density at radius 3 is 2.46 bits per heavy atom. The van der Waals surface area contributed by atoms with Gasteiger partial charge in [0.2, 0.25) is 6.29 Å². The molecule has 8 nitrogen and oxygen atoms in total. The SMILES string of the molecule is CCCC(=O)OC(C)OC(=O)NCC(=O)C[P+](O)(O)C=C1CCCCC1. The Hall–Kier alpha value is -1.50. The molecule has 1 aliphatic carbocycles. The first-order valence-electron chi connectivity index (χ1n) is 8.91. The average molecular weight is 390 g/mol. The molecule has 1 saturated carbocycles. The molecule has 1 rings (SSSR count). The number of nitrogens with one attached hydrogen (secondary N) is 1. The molecule has 0 aromatic heterocycles. The zero-order chi connectivity index (χ0) is 19.6. The molecule has 148 valence electrons. The van der Waals surface area contributed by atoms with Gasteiger partial charge >= 0.3 is 12.1 Å². The van der Waals surface area contributed by atoms with Crippen molar-refractivity contribution in [3.05, 3.63) is 11.4 Å². The molecule has 0 heterocycles. The van der Waals surface area contributed by atoms with E-state index in [9.17, 15) is 24.2 Å². The summed E-state index contributed by atoms with van der Waals surface area (Å²) in [6.45, 7) is 2.82. The number of carbonyl (C=O) groups excluding carboxylic acids is 3. The monoisotopic (exact) mass is 390 g/mol. The third-order valence-electron chi connectivity index (χ3n) is 3.75. The van der Waals surface area contributed by atoms with E-state index in [1.54, 1.807) is 0 Å². The quantitative estimate of drug-likeness (QED) is 0.314. The van der Waals surface area contributed by atoms with Gasteiger partial charge in [-0.3, -0.25) is 9.59 Å². The fourth-order valence-corrected chi connectivity index (χ4v) is 4.19. The number of alkyl carbamates (subject to hydrolysis) is 1. The Kier molecular flexibility index (Phi) is 9.76. The number of hydrogen-bond acceptors (Lipinski definition) is 7. The zero-order valence-corrected chi connectivity index (χ0v) is 16.3. The number of rotatable bonds is 9. The first-order chi connectivity index (χ1) is 12.2. The average Bonchev–Trinajstić information content (AvgIpc) is 2.53. The Morgan fingerprint density at radius 1 is 1.19 bits per heavy atom. The first kappa shape index (κ1) is 22.5. The van der Waals surface area contributed by atoms with Crippen molar-refractivity contribution in [3.8, 4) is 0 Å². The summed E-state index contributed by atoms with van der Waals surface area (Å²) in [5, 5.41) is 2.22. The molecule has 9 heteroatoms. The Bertz CT molecular complexity index is 525. The van der Waals surface area contributed by atoms with E-state index >= 15 is 0 Å². The molecular formula is C17H29NO7P+. The van der Waals surface area contributed by atoms with Crippen molar-refractivity contribution < 1.29 is 33.6 Å². The Balaban J connectivity index is 2.33. The molecule has 3 N–H and O–H groups in total. The van der Waals surface area contributed by atoms with Gasteiger partial charge in [-0.1, -0.05) is 13.3 Å². The van der Waals surface area contributed by atoms with Crippen molar-refractivity contribution >= 4 is 25.6 Å². The van der Waals surface area contributed by atoms with Crippen LogP contribution in [0.1, 0.15) is 58.8 Å². The highest BCUT2D eigenvalue weighted by atomic mass is 31.2. The molecule has 0 aromatic carbocycles. The van der Waals surface area contributed by atoms with Crippen LogP contribution < -0.4 is 5.32 Å². The van der Waals surface area contributed by atoms with Crippen LogP contribution in [-0.2, 0) is 19.1 Å². The highest BCUT2D eigenvalue weighted by Crippen LogP contribution is 2.53. The topological polar surface area (TPSA) is 122 Å². The normalized spacial score (nSPS) is 15.8. The van der Waals surface area contributed by atoms with Gasteiger partial charge in [0.25, 0.3) is 7.72 Å². The highest BCUT2D eigenvalue weighted by molar-refractivity contribution is 7.68. The van der Waals surface area contributed by atoms with E-state index in [1.807, 2.05) is 6.92 Å². The Morgan fingerprint density at radius 2 is 1.85 bits per heavy atom. The summed E-state index contributed by atoms with van der Waals surface area (Å²) in [6.07, 6.45) is 3.28. The summed E-state index contributed by atoms with van der Waals surface area (Å²) in [6, 6.07) is 0. The van der Waals surface area contributed by atoms with E-state index in [4.69, 9.17) is 9.47 Å². The number of Topliss-reactive ketones (excluding diaryl/α,β-unsaturated/α-hetero) is 1. The van der Waals surface area contributed by atoms with Gasteiger partial charge in [0, 0.05) is 13.3 Å². The van der Waals surface area contributed by atoms with Gasteiger partial charge in [0.1, 0.15) is 5.82 Å². The lowest BCUT2D eigenvalue weighted by Crippen LogP contribution is -2.34. The maximum Gasteiger partial charge on any atom is 0.410 e. The van der Waals surface area contributed by atoms with E-state index in [1.165, 1.54) is 12.7 Å². The summed E-state index contributed by atoms with van der Waals surface area (Å²) in [7, 11) is -3.45. The molecule has 0 aliphatic heterocycles. The van der Waals surface area contributed by atoms with Gasteiger partial charge in [0.15, 0.2) is 11.9 Å². The number of hydrogen-bond donors (Lipinski definition) is 3. The number of ketones is 1. The molecule has 1 fully saturated rings. The molecule has 0 radical (unpaired) electrons. The van der Waals surface area contributed by atoms with E-state index < -0.39 is 38.0 Å². The summed E-state index contributed by atoms with van der Waals surface area (Å²) < 4.78 is 9.64. The summed E-state index contributed by atoms with van der Waals surface area (Å²) in [5.74, 6) is 0.454. The summed E-state index contributed by atoms with van der Waals surface area (Å²) in [5.41, 5.74) is 0.984. The van der Waals surface area contributed by atoms with Crippen LogP contribution in [0, 0.1) is 0 Å². The first-order valence-corrected chi connectivity index (χ1v) is 10.9. The number of esters is 1. The summed E-state index contributed by atoms with van der Waals surface area (Å²) >= 11 is 0. The van der Waals surface area contributed by atoms with Gasteiger partial charge in [-0.15, -0.1) is 0 Å². The predicted octanol–water partition coefficient (Wildman–Crippen LogP) is 2.65. The lowest BCUT2D eigenvalue weighted by Gasteiger charge is -2.15. The third-order valence-corrected chi connectivity index (χ3v) is 5.35. The molecule has 26 heavy (non-hydrogen) atoms. The van der Waals surface area contributed by atoms with Crippen LogP contribution in [0.15, 0.2) is 11.4 Å². The number of carbonyl (C=O) groups is 3. The molecule has 0 spiro atoms. The second kappa shape index (κ2) is 11.3. The number of amides is 1. The lowest BCUT2D eigenvalue weighted by molar-refractivity contribution is -0.164. The minimum absolute atomic E-state index is 0.224. The van der Waals surface area contributed by atoms with E-state index in [0.717, 1.165) is 37.7 Å². The van der Waals surface area contributed by atoms with Crippen molar-refractivity contribution in [2.24, 2.45) is 0 Å². The van der Waals surface area contributed by atoms with Crippen LogP contribution >= 0.6 is 7.72 Å². The van der Waals surface area contributed by atoms with Crippen molar-refractivity contribution in [2.45, 2.75) is 65.1 Å². The predicted molar refractivity (Wildman–Crippen MR) is 97.3 cm³/mol. The molecule has 0 aromatic rings.